The van der Waals surface area contributed by atoms with Gasteiger partial charge in [-0.05, 0) is 24.1 Å². The van der Waals surface area contributed by atoms with Crippen molar-refractivity contribution in [1.82, 2.24) is 4.90 Å². The van der Waals surface area contributed by atoms with Gasteiger partial charge in [-0.2, -0.15) is 0 Å². The van der Waals surface area contributed by atoms with Crippen molar-refractivity contribution in [2.75, 3.05) is 13.7 Å². The normalized spacial score (nSPS) is 17.9. The van der Waals surface area contributed by atoms with Gasteiger partial charge < -0.3 is 25.0 Å². The fourth-order valence-electron chi connectivity index (χ4n) is 3.47. The number of ether oxygens (including phenoxy) is 1. The molecule has 156 valence electrons. The van der Waals surface area contributed by atoms with Gasteiger partial charge in [-0.1, -0.05) is 36.4 Å². The van der Waals surface area contributed by atoms with E-state index in [4.69, 9.17) is 9.84 Å². The first-order chi connectivity index (χ1) is 14.3. The summed E-state index contributed by atoms with van der Waals surface area (Å²) in [6, 6.07) is 11.8. The van der Waals surface area contributed by atoms with Gasteiger partial charge in [-0.15, -0.1) is 0 Å². The van der Waals surface area contributed by atoms with Crippen molar-refractivity contribution in [2.45, 2.75) is 18.9 Å². The van der Waals surface area contributed by atoms with Crippen molar-refractivity contribution >= 4 is 23.4 Å². The molecule has 0 radical (unpaired) electrons. The average Bonchev–Trinajstić information content (AvgIpc) is 2.99. The first-order valence-corrected chi connectivity index (χ1v) is 9.27. The number of aromatic hydroxyl groups is 1. The molecule has 0 unspecified atom stereocenters. The highest BCUT2D eigenvalue weighted by atomic mass is 16.5. The van der Waals surface area contributed by atoms with Crippen molar-refractivity contribution in [1.29, 1.82) is 0 Å². The molecular weight excluding hydrogens is 390 g/mol. The number of carboxylic acids is 1. The van der Waals surface area contributed by atoms with Crippen molar-refractivity contribution in [3.63, 3.8) is 0 Å². The Bertz CT molecular complexity index is 1010. The molecule has 2 aromatic rings. The highest BCUT2D eigenvalue weighted by molar-refractivity contribution is 6.46. The molecule has 1 atom stereocenters. The van der Waals surface area contributed by atoms with Crippen LogP contribution >= 0.6 is 0 Å². The predicted octanol–water partition coefficient (Wildman–Crippen LogP) is 2.69. The van der Waals surface area contributed by atoms with E-state index in [9.17, 15) is 24.6 Å². The number of aliphatic carboxylic acids is 1. The van der Waals surface area contributed by atoms with Gasteiger partial charge in [-0.3, -0.25) is 14.4 Å². The zero-order valence-corrected chi connectivity index (χ0v) is 16.2. The average molecular weight is 411 g/mol. The number of aliphatic hydroxyl groups is 1. The van der Waals surface area contributed by atoms with Crippen molar-refractivity contribution in [3.8, 4) is 11.5 Å². The van der Waals surface area contributed by atoms with Crippen LogP contribution in [0.25, 0.3) is 5.76 Å². The molecule has 1 heterocycles. The molecule has 8 nitrogen and oxygen atoms in total. The Morgan fingerprint density at radius 2 is 1.80 bits per heavy atom. The predicted molar refractivity (Wildman–Crippen MR) is 107 cm³/mol. The molecule has 0 saturated carbocycles. The maximum absolute atomic E-state index is 12.8. The summed E-state index contributed by atoms with van der Waals surface area (Å²) < 4.78 is 5.13. The van der Waals surface area contributed by atoms with Crippen molar-refractivity contribution in [2.24, 2.45) is 0 Å². The number of Topliss-reactive ketones (excluding diaryl/α,β-unsaturated/α-hetero) is 1. The Hall–Kier alpha value is -3.81. The summed E-state index contributed by atoms with van der Waals surface area (Å²) in [6.45, 7) is 0.0102. The number of methoxy groups -OCH3 is 1. The number of likely N-dealkylation sites (tertiary alicyclic amines) is 1. The summed E-state index contributed by atoms with van der Waals surface area (Å²) >= 11 is 0. The van der Waals surface area contributed by atoms with Crippen LogP contribution in [0.1, 0.15) is 30.0 Å². The van der Waals surface area contributed by atoms with Gasteiger partial charge in [0, 0.05) is 18.5 Å². The number of hydrogen-bond acceptors (Lipinski definition) is 6. The molecule has 0 spiro atoms. The van der Waals surface area contributed by atoms with Crippen LogP contribution in [0.15, 0.2) is 54.1 Å². The van der Waals surface area contributed by atoms with E-state index >= 15 is 0 Å². The minimum atomic E-state index is -1.02. The quantitative estimate of drug-likeness (QED) is 0.363. The molecule has 3 N–H and O–H groups in total. The van der Waals surface area contributed by atoms with Crippen LogP contribution in [0.5, 0.6) is 11.5 Å². The fraction of sp³-hybridized carbons (Fsp3) is 0.227. The van der Waals surface area contributed by atoms with E-state index in [1.807, 2.05) is 0 Å². The maximum Gasteiger partial charge on any atom is 0.303 e. The van der Waals surface area contributed by atoms with Gasteiger partial charge in [0.2, 0.25) is 0 Å². The monoisotopic (exact) mass is 411 g/mol. The Kier molecular flexibility index (Phi) is 6.06. The number of carbonyl (C=O) groups is 3. The lowest BCUT2D eigenvalue weighted by molar-refractivity contribution is -0.140. The summed E-state index contributed by atoms with van der Waals surface area (Å²) in [5.74, 6) is -3.00. The summed E-state index contributed by atoms with van der Waals surface area (Å²) in [4.78, 5) is 37.7. The zero-order chi connectivity index (χ0) is 21.8. The van der Waals surface area contributed by atoms with E-state index in [2.05, 4.69) is 0 Å². The molecule has 1 amide bonds. The molecule has 1 aliphatic heterocycles. The van der Waals surface area contributed by atoms with Crippen LogP contribution in [0, 0.1) is 0 Å². The summed E-state index contributed by atoms with van der Waals surface area (Å²) in [5, 5.41) is 29.7. The van der Waals surface area contributed by atoms with Crippen LogP contribution < -0.4 is 4.74 Å². The number of nitrogens with zero attached hydrogens (tertiary/aromatic N) is 1. The third-order valence-electron chi connectivity index (χ3n) is 4.90. The Labute approximate surface area is 172 Å². The van der Waals surface area contributed by atoms with E-state index in [1.54, 1.807) is 30.3 Å². The number of ketones is 1. The first kappa shape index (κ1) is 20.9. The third kappa shape index (κ3) is 3.98. The number of carboxylic acid groups (broad SMARTS) is 1. The molecule has 8 heteroatoms. The third-order valence-corrected chi connectivity index (χ3v) is 4.90. The second kappa shape index (κ2) is 8.69. The van der Waals surface area contributed by atoms with Gasteiger partial charge in [-0.25, -0.2) is 0 Å². The fourth-order valence-corrected chi connectivity index (χ4v) is 3.47. The largest absolute Gasteiger partial charge is 0.507 e. The number of phenolic OH excluding ortho intramolecular Hbond substituents is 1. The number of carbonyl (C=O) groups excluding carboxylic acids is 2. The lowest BCUT2D eigenvalue weighted by atomic mass is 9.95. The van der Waals surface area contributed by atoms with Gasteiger partial charge >= 0.3 is 5.97 Å². The van der Waals surface area contributed by atoms with Gasteiger partial charge in [0.25, 0.3) is 11.7 Å². The Morgan fingerprint density at radius 1 is 1.10 bits per heavy atom. The van der Waals surface area contributed by atoms with Gasteiger partial charge in [0.15, 0.2) is 11.5 Å². The molecule has 2 aromatic carbocycles. The van der Waals surface area contributed by atoms with Crippen molar-refractivity contribution < 1.29 is 34.4 Å². The lowest BCUT2D eigenvalue weighted by Crippen LogP contribution is -2.31. The molecule has 1 aliphatic rings. The second-order valence-electron chi connectivity index (χ2n) is 6.79. The smallest absolute Gasteiger partial charge is 0.303 e. The Morgan fingerprint density at radius 3 is 2.43 bits per heavy atom. The topological polar surface area (TPSA) is 124 Å². The number of phenols is 1. The molecule has 0 bridgehead atoms. The van der Waals surface area contributed by atoms with Crippen LogP contribution in [-0.4, -0.2) is 51.5 Å². The lowest BCUT2D eigenvalue weighted by Gasteiger charge is -2.25. The standard InChI is InChI=1S/C22H21NO7/c1-30-16-12-14(9-10-15(16)24)19-18(20(27)13-6-3-2-4-7-13)21(28)22(29)23(19)11-5-8-17(25)26/h2-4,6-7,9-10,12,19,24,27H,5,8,11H2,1H3,(H,25,26)/b20-18-/t19-/m1/s1. The molecular formula is C22H21NO7. The second-order valence-corrected chi connectivity index (χ2v) is 6.79. The number of rotatable bonds is 7. The summed E-state index contributed by atoms with van der Waals surface area (Å²) in [5.41, 5.74) is 0.711. The van der Waals surface area contributed by atoms with Crippen LogP contribution in [0.2, 0.25) is 0 Å². The Balaban J connectivity index is 2.13. The van der Waals surface area contributed by atoms with E-state index < -0.39 is 23.7 Å². The molecule has 1 saturated heterocycles. The minimum absolute atomic E-state index is 0.0102. The van der Waals surface area contributed by atoms with Gasteiger partial charge in [0.05, 0.1) is 18.7 Å². The van der Waals surface area contributed by atoms with E-state index in [0.29, 0.717) is 11.1 Å². The number of amides is 1. The highest BCUT2D eigenvalue weighted by Crippen LogP contribution is 2.41. The molecule has 3 rings (SSSR count). The van der Waals surface area contributed by atoms with E-state index in [1.165, 1.54) is 30.2 Å². The van der Waals surface area contributed by atoms with Crippen LogP contribution in [-0.2, 0) is 14.4 Å². The number of aliphatic hydroxyl groups excluding tert-OH is 1. The van der Waals surface area contributed by atoms with E-state index in [-0.39, 0.29) is 42.2 Å². The summed E-state index contributed by atoms with van der Waals surface area (Å²) in [6.07, 6.45) is -0.0350. The van der Waals surface area contributed by atoms with Crippen molar-refractivity contribution in [3.05, 3.63) is 65.2 Å². The van der Waals surface area contributed by atoms with Crippen LogP contribution in [0.4, 0.5) is 0 Å². The molecule has 0 aromatic heterocycles. The molecule has 30 heavy (non-hydrogen) atoms. The minimum Gasteiger partial charge on any atom is -0.507 e. The highest BCUT2D eigenvalue weighted by Gasteiger charge is 2.46. The number of benzene rings is 2. The maximum atomic E-state index is 12.8. The molecule has 0 aliphatic carbocycles. The first-order valence-electron chi connectivity index (χ1n) is 9.27. The zero-order valence-electron chi connectivity index (χ0n) is 16.2. The van der Waals surface area contributed by atoms with Crippen LogP contribution in [0.3, 0.4) is 0 Å². The number of hydrogen-bond donors (Lipinski definition) is 3. The SMILES string of the molecule is COc1cc([C@@H]2/C(=C(/O)c3ccccc3)C(=O)C(=O)N2CCCC(=O)O)ccc1O. The molecule has 1 fully saturated rings. The summed E-state index contributed by atoms with van der Waals surface area (Å²) in [7, 11) is 1.37. The van der Waals surface area contributed by atoms with Gasteiger partial charge in [0.1, 0.15) is 5.76 Å². The van der Waals surface area contributed by atoms with E-state index in [0.717, 1.165) is 0 Å².